The van der Waals surface area contributed by atoms with Crippen molar-refractivity contribution in [2.75, 3.05) is 20.3 Å². The van der Waals surface area contributed by atoms with Gasteiger partial charge in [0.25, 0.3) is 5.91 Å². The molecule has 2 atom stereocenters. The van der Waals surface area contributed by atoms with Crippen LogP contribution in [0.25, 0.3) is 11.3 Å². The first-order valence-electron chi connectivity index (χ1n) is 9.45. The van der Waals surface area contributed by atoms with E-state index in [2.05, 4.69) is 21.6 Å². The second-order valence-electron chi connectivity index (χ2n) is 7.10. The number of nitrogens with one attached hydrogen (secondary N) is 1. The number of hydrogen-bond donors (Lipinski definition) is 1. The number of aromatic amines is 1. The van der Waals surface area contributed by atoms with Crippen LogP contribution in [0, 0.1) is 0 Å². The first-order valence-corrected chi connectivity index (χ1v) is 10.3. The van der Waals surface area contributed by atoms with Crippen LogP contribution in [-0.2, 0) is 4.74 Å². The van der Waals surface area contributed by atoms with Gasteiger partial charge in [0.1, 0.15) is 11.4 Å². The number of H-pyrrole nitrogens is 1. The largest absolute Gasteiger partial charge is 0.497 e. The smallest absolute Gasteiger partial charge is 0.273 e. The topological polar surface area (TPSA) is 67.4 Å². The molecule has 1 aromatic carbocycles. The normalized spacial score (nSPS) is 21.3. The van der Waals surface area contributed by atoms with Gasteiger partial charge in [0.2, 0.25) is 0 Å². The van der Waals surface area contributed by atoms with Gasteiger partial charge in [0, 0.05) is 29.2 Å². The molecular formula is C21H21N3O3S. The summed E-state index contributed by atoms with van der Waals surface area (Å²) in [7, 11) is 1.65. The molecule has 1 saturated heterocycles. The highest BCUT2D eigenvalue weighted by atomic mass is 32.1. The minimum Gasteiger partial charge on any atom is -0.497 e. The monoisotopic (exact) mass is 395 g/mol. The number of hydrogen-bond acceptors (Lipinski definition) is 5. The zero-order valence-electron chi connectivity index (χ0n) is 15.6. The number of carbonyl (C=O) groups is 1. The van der Waals surface area contributed by atoms with E-state index in [1.807, 2.05) is 35.2 Å². The first kappa shape index (κ1) is 17.5. The van der Waals surface area contributed by atoms with Gasteiger partial charge in [0.15, 0.2) is 0 Å². The fourth-order valence-corrected chi connectivity index (χ4v) is 4.95. The van der Waals surface area contributed by atoms with Crippen LogP contribution in [0.1, 0.15) is 39.8 Å². The molecule has 1 N–H and O–H groups in total. The van der Waals surface area contributed by atoms with Crippen LogP contribution in [0.5, 0.6) is 5.75 Å². The summed E-state index contributed by atoms with van der Waals surface area (Å²) >= 11 is 1.66. The summed E-state index contributed by atoms with van der Waals surface area (Å²) in [6.07, 6.45) is 2.16. The maximum Gasteiger partial charge on any atom is 0.273 e. The molecule has 28 heavy (non-hydrogen) atoms. The summed E-state index contributed by atoms with van der Waals surface area (Å²) in [6, 6.07) is 11.8. The van der Waals surface area contributed by atoms with Crippen LogP contribution in [0.4, 0.5) is 0 Å². The van der Waals surface area contributed by atoms with Crippen LogP contribution < -0.4 is 4.74 Å². The van der Waals surface area contributed by atoms with Gasteiger partial charge in [-0.15, -0.1) is 11.3 Å². The number of thiophene rings is 1. The van der Waals surface area contributed by atoms with E-state index < -0.39 is 0 Å². The predicted octanol–water partition coefficient (Wildman–Crippen LogP) is 3.87. The lowest BCUT2D eigenvalue weighted by atomic mass is 10.0. The number of rotatable bonds is 5. The Morgan fingerprint density at radius 2 is 2.18 bits per heavy atom. The van der Waals surface area contributed by atoms with E-state index in [1.54, 1.807) is 18.4 Å². The van der Waals surface area contributed by atoms with Crippen molar-refractivity contribution in [2.24, 2.45) is 0 Å². The Kier molecular flexibility index (Phi) is 4.41. The molecular weight excluding hydrogens is 374 g/mol. The van der Waals surface area contributed by atoms with Gasteiger partial charge in [-0.3, -0.25) is 9.89 Å². The van der Waals surface area contributed by atoms with Gasteiger partial charge in [-0.1, -0.05) is 6.07 Å². The summed E-state index contributed by atoms with van der Waals surface area (Å²) in [5.74, 6) is 0.790. The van der Waals surface area contributed by atoms with Crippen molar-refractivity contribution in [3.05, 3.63) is 57.9 Å². The molecule has 2 unspecified atom stereocenters. The zero-order chi connectivity index (χ0) is 19.1. The third-order valence-corrected chi connectivity index (χ3v) is 6.39. The number of methoxy groups -OCH3 is 1. The van der Waals surface area contributed by atoms with Crippen molar-refractivity contribution in [3.8, 4) is 17.0 Å². The Morgan fingerprint density at radius 3 is 2.86 bits per heavy atom. The molecule has 2 aliphatic heterocycles. The first-order chi connectivity index (χ1) is 13.8. The quantitative estimate of drug-likeness (QED) is 0.712. The lowest BCUT2D eigenvalue weighted by molar-refractivity contribution is 0.0498. The SMILES string of the molecule is COc1ccc(-c2n[nH]c3c2C(c2cccs2)N(CC2CCCO2)C3=O)cc1. The van der Waals surface area contributed by atoms with Crippen molar-refractivity contribution in [1.82, 2.24) is 15.1 Å². The van der Waals surface area contributed by atoms with Crippen molar-refractivity contribution in [3.63, 3.8) is 0 Å². The Morgan fingerprint density at radius 1 is 1.32 bits per heavy atom. The predicted molar refractivity (Wildman–Crippen MR) is 107 cm³/mol. The molecule has 1 amide bonds. The van der Waals surface area contributed by atoms with E-state index in [9.17, 15) is 4.79 Å². The van der Waals surface area contributed by atoms with Crippen molar-refractivity contribution in [1.29, 1.82) is 0 Å². The average Bonchev–Trinajstić information content (AvgIpc) is 3.50. The highest BCUT2D eigenvalue weighted by Gasteiger charge is 2.43. The van der Waals surface area contributed by atoms with Crippen LogP contribution >= 0.6 is 11.3 Å². The maximum atomic E-state index is 13.2. The van der Waals surface area contributed by atoms with Gasteiger partial charge in [-0.25, -0.2) is 0 Å². The molecule has 5 rings (SSSR count). The number of carbonyl (C=O) groups excluding carboxylic acids is 1. The second-order valence-corrected chi connectivity index (χ2v) is 8.08. The van der Waals surface area contributed by atoms with Crippen LogP contribution in [0.2, 0.25) is 0 Å². The standard InChI is InChI=1S/C21H21N3O3S/c1-26-14-8-6-13(7-9-14)18-17-19(23-22-18)21(25)24(12-15-4-2-10-27-15)20(17)16-5-3-11-28-16/h3,5-9,11,15,20H,2,4,10,12H2,1H3,(H,22,23). The summed E-state index contributed by atoms with van der Waals surface area (Å²) < 4.78 is 11.1. The molecule has 0 aliphatic carbocycles. The lowest BCUT2D eigenvalue weighted by Crippen LogP contribution is -2.36. The van der Waals surface area contributed by atoms with E-state index in [0.29, 0.717) is 12.2 Å². The molecule has 0 spiro atoms. The number of ether oxygens (including phenoxy) is 2. The van der Waals surface area contributed by atoms with E-state index in [1.165, 1.54) is 0 Å². The Bertz CT molecular complexity index is 975. The molecule has 0 bridgehead atoms. The Hall–Kier alpha value is -2.64. The lowest BCUT2D eigenvalue weighted by Gasteiger charge is -2.27. The van der Waals surface area contributed by atoms with Gasteiger partial charge in [0.05, 0.1) is 24.9 Å². The minimum atomic E-state index is -0.137. The minimum absolute atomic E-state index is 0.00355. The summed E-state index contributed by atoms with van der Waals surface area (Å²) in [5, 5.41) is 9.55. The highest BCUT2D eigenvalue weighted by Crippen LogP contribution is 2.44. The average molecular weight is 395 g/mol. The number of benzene rings is 1. The van der Waals surface area contributed by atoms with Crippen molar-refractivity contribution in [2.45, 2.75) is 25.0 Å². The summed E-state index contributed by atoms with van der Waals surface area (Å²) in [6.45, 7) is 1.38. The zero-order valence-corrected chi connectivity index (χ0v) is 16.4. The molecule has 1 fully saturated rings. The second kappa shape index (κ2) is 7.07. The molecule has 0 saturated carbocycles. The summed E-state index contributed by atoms with van der Waals surface area (Å²) in [4.78, 5) is 16.3. The molecule has 6 nitrogen and oxygen atoms in total. The third kappa shape index (κ3) is 2.82. The molecule has 0 radical (unpaired) electrons. The maximum absolute atomic E-state index is 13.2. The number of aromatic nitrogens is 2. The fraction of sp³-hybridized carbons (Fsp3) is 0.333. The third-order valence-electron chi connectivity index (χ3n) is 5.46. The highest BCUT2D eigenvalue weighted by molar-refractivity contribution is 7.10. The molecule has 144 valence electrons. The van der Waals surface area contributed by atoms with Gasteiger partial charge >= 0.3 is 0 Å². The number of nitrogens with zero attached hydrogens (tertiary/aromatic N) is 2. The molecule has 7 heteroatoms. The molecule has 3 aromatic rings. The van der Waals surface area contributed by atoms with Gasteiger partial charge in [-0.2, -0.15) is 5.10 Å². The van der Waals surface area contributed by atoms with Gasteiger partial charge in [-0.05, 0) is 48.6 Å². The van der Waals surface area contributed by atoms with Crippen LogP contribution in [-0.4, -0.2) is 47.4 Å². The van der Waals surface area contributed by atoms with Gasteiger partial charge < -0.3 is 14.4 Å². The van der Waals surface area contributed by atoms with Crippen LogP contribution in [0.15, 0.2) is 41.8 Å². The van der Waals surface area contributed by atoms with Crippen LogP contribution in [0.3, 0.4) is 0 Å². The Balaban J connectivity index is 1.57. The van der Waals surface area contributed by atoms with Crippen molar-refractivity contribution < 1.29 is 14.3 Å². The van der Waals surface area contributed by atoms with E-state index in [4.69, 9.17) is 9.47 Å². The number of amides is 1. The fourth-order valence-electron chi connectivity index (χ4n) is 4.10. The summed E-state index contributed by atoms with van der Waals surface area (Å²) in [5.41, 5.74) is 3.32. The van der Waals surface area contributed by atoms with Crippen molar-refractivity contribution >= 4 is 17.2 Å². The molecule has 4 heterocycles. The molecule has 2 aliphatic rings. The van der Waals surface area contributed by atoms with E-state index in [-0.39, 0.29) is 18.1 Å². The number of fused-ring (bicyclic) bond motifs is 1. The molecule has 2 aromatic heterocycles. The van der Waals surface area contributed by atoms with E-state index >= 15 is 0 Å². The Labute approximate surface area is 167 Å². The van der Waals surface area contributed by atoms with E-state index in [0.717, 1.165) is 46.9 Å².